The van der Waals surface area contributed by atoms with Gasteiger partial charge in [-0.25, -0.2) is 0 Å². The molecule has 2 aromatic rings. The molecule has 0 radical (unpaired) electrons. The average molecular weight is 342 g/mol. The minimum atomic E-state index is -0.333. The molecular formula is C18H18N2O5. The molecule has 0 spiro atoms. The third kappa shape index (κ3) is 3.65. The molecule has 0 saturated heterocycles. The Morgan fingerprint density at radius 2 is 1.92 bits per heavy atom. The lowest BCUT2D eigenvalue weighted by atomic mass is 10.2. The number of methoxy groups -OCH3 is 1. The summed E-state index contributed by atoms with van der Waals surface area (Å²) in [6, 6.07) is 12.2. The van der Waals surface area contributed by atoms with Crippen LogP contribution in [0, 0.1) is 0 Å². The molecule has 0 unspecified atom stereocenters. The van der Waals surface area contributed by atoms with Gasteiger partial charge in [-0.3, -0.25) is 14.5 Å². The molecule has 7 heteroatoms. The molecule has 2 amide bonds. The SMILES string of the molecule is COc1ccccc1N(CC(=O)Nc1ccc2c(c1)OCO2)C(C)=O. The number of amides is 2. The standard InChI is InChI=1S/C18H18N2O5/c1-12(21)20(14-5-3-4-6-15(14)23-2)10-18(22)19-13-7-8-16-17(9-13)25-11-24-16/h3-9H,10-11H2,1-2H3,(H,19,22). The highest BCUT2D eigenvalue weighted by molar-refractivity contribution is 6.02. The summed E-state index contributed by atoms with van der Waals surface area (Å²) in [4.78, 5) is 25.8. The summed E-state index contributed by atoms with van der Waals surface area (Å²) in [5, 5.41) is 2.76. The molecule has 7 nitrogen and oxygen atoms in total. The van der Waals surface area contributed by atoms with Crippen LogP contribution in [0.15, 0.2) is 42.5 Å². The molecule has 2 aromatic carbocycles. The predicted octanol–water partition coefficient (Wildman–Crippen LogP) is 2.42. The van der Waals surface area contributed by atoms with E-state index in [1.165, 1.54) is 18.9 Å². The molecular weight excluding hydrogens is 324 g/mol. The zero-order valence-electron chi connectivity index (χ0n) is 13.9. The Kier molecular flexibility index (Phi) is 4.74. The summed E-state index contributed by atoms with van der Waals surface area (Å²) in [5.41, 5.74) is 1.11. The van der Waals surface area contributed by atoms with Crippen LogP contribution in [0.2, 0.25) is 0 Å². The van der Waals surface area contributed by atoms with Crippen LogP contribution < -0.4 is 24.4 Å². The molecule has 130 valence electrons. The van der Waals surface area contributed by atoms with E-state index in [1.807, 2.05) is 0 Å². The smallest absolute Gasteiger partial charge is 0.244 e. The van der Waals surface area contributed by atoms with E-state index in [-0.39, 0.29) is 25.2 Å². The third-order valence-corrected chi connectivity index (χ3v) is 3.71. The van der Waals surface area contributed by atoms with Crippen LogP contribution in [-0.2, 0) is 9.59 Å². The molecule has 1 heterocycles. The van der Waals surface area contributed by atoms with Crippen molar-refractivity contribution in [1.82, 2.24) is 0 Å². The number of hydrogen-bond donors (Lipinski definition) is 1. The number of para-hydroxylation sites is 2. The third-order valence-electron chi connectivity index (χ3n) is 3.71. The maximum Gasteiger partial charge on any atom is 0.244 e. The highest BCUT2D eigenvalue weighted by Gasteiger charge is 2.20. The van der Waals surface area contributed by atoms with Gasteiger partial charge in [0.25, 0.3) is 0 Å². The van der Waals surface area contributed by atoms with Crippen LogP contribution in [0.3, 0.4) is 0 Å². The number of anilines is 2. The highest BCUT2D eigenvalue weighted by Crippen LogP contribution is 2.34. The number of ether oxygens (including phenoxy) is 3. The summed E-state index contributed by atoms with van der Waals surface area (Å²) >= 11 is 0. The van der Waals surface area contributed by atoms with Crippen LogP contribution in [0.1, 0.15) is 6.92 Å². The average Bonchev–Trinajstić information content (AvgIpc) is 3.07. The van der Waals surface area contributed by atoms with E-state index in [4.69, 9.17) is 14.2 Å². The first kappa shape index (κ1) is 16.6. The first-order valence-corrected chi connectivity index (χ1v) is 7.69. The minimum Gasteiger partial charge on any atom is -0.495 e. The molecule has 0 aliphatic carbocycles. The van der Waals surface area contributed by atoms with Crippen molar-refractivity contribution in [1.29, 1.82) is 0 Å². The Labute approximate surface area is 145 Å². The summed E-state index contributed by atoms with van der Waals surface area (Å²) in [7, 11) is 1.52. The van der Waals surface area contributed by atoms with Crippen LogP contribution in [0.4, 0.5) is 11.4 Å². The van der Waals surface area contributed by atoms with Gasteiger partial charge in [-0.1, -0.05) is 12.1 Å². The lowest BCUT2D eigenvalue weighted by Crippen LogP contribution is -2.36. The van der Waals surface area contributed by atoms with Gasteiger partial charge >= 0.3 is 0 Å². The van der Waals surface area contributed by atoms with Gasteiger partial charge in [-0.05, 0) is 24.3 Å². The number of nitrogens with one attached hydrogen (secondary N) is 1. The van der Waals surface area contributed by atoms with E-state index in [0.717, 1.165) is 0 Å². The molecule has 25 heavy (non-hydrogen) atoms. The number of rotatable bonds is 5. The van der Waals surface area contributed by atoms with Crippen molar-refractivity contribution < 1.29 is 23.8 Å². The van der Waals surface area contributed by atoms with Gasteiger partial charge in [0.05, 0.1) is 12.8 Å². The van der Waals surface area contributed by atoms with Gasteiger partial charge in [-0.15, -0.1) is 0 Å². The van der Waals surface area contributed by atoms with Gasteiger partial charge < -0.3 is 19.5 Å². The number of nitrogens with zero attached hydrogens (tertiary/aromatic N) is 1. The molecule has 1 aliphatic rings. The van der Waals surface area contributed by atoms with Crippen molar-refractivity contribution in [2.24, 2.45) is 0 Å². The van der Waals surface area contributed by atoms with Crippen molar-refractivity contribution in [3.63, 3.8) is 0 Å². The van der Waals surface area contributed by atoms with Gasteiger partial charge in [0.1, 0.15) is 12.3 Å². The van der Waals surface area contributed by atoms with E-state index in [9.17, 15) is 9.59 Å². The van der Waals surface area contributed by atoms with E-state index >= 15 is 0 Å². The predicted molar refractivity (Wildman–Crippen MR) is 92.2 cm³/mol. The van der Waals surface area contributed by atoms with Crippen molar-refractivity contribution in [3.05, 3.63) is 42.5 Å². The molecule has 1 aliphatic heterocycles. The second kappa shape index (κ2) is 7.12. The van der Waals surface area contributed by atoms with Crippen molar-refractivity contribution >= 4 is 23.2 Å². The summed E-state index contributed by atoms with van der Waals surface area (Å²) < 4.78 is 15.8. The first-order valence-electron chi connectivity index (χ1n) is 7.69. The molecule has 0 saturated carbocycles. The fourth-order valence-corrected chi connectivity index (χ4v) is 2.54. The number of carbonyl (C=O) groups is 2. The largest absolute Gasteiger partial charge is 0.495 e. The topological polar surface area (TPSA) is 77.1 Å². The second-order valence-electron chi connectivity index (χ2n) is 5.39. The monoisotopic (exact) mass is 342 g/mol. The molecule has 1 N–H and O–H groups in total. The molecule has 0 fully saturated rings. The van der Waals surface area contributed by atoms with Gasteiger partial charge in [-0.2, -0.15) is 0 Å². The molecule has 0 bridgehead atoms. The van der Waals surface area contributed by atoms with Gasteiger partial charge in [0.15, 0.2) is 11.5 Å². The second-order valence-corrected chi connectivity index (χ2v) is 5.39. The Morgan fingerprint density at radius 3 is 2.68 bits per heavy atom. The normalized spacial score (nSPS) is 11.8. The molecule has 3 rings (SSSR count). The lowest BCUT2D eigenvalue weighted by Gasteiger charge is -2.22. The van der Waals surface area contributed by atoms with Crippen LogP contribution >= 0.6 is 0 Å². The van der Waals surface area contributed by atoms with Crippen molar-refractivity contribution in [2.45, 2.75) is 6.92 Å². The van der Waals surface area contributed by atoms with E-state index in [1.54, 1.807) is 42.5 Å². The Bertz CT molecular complexity index is 806. The number of fused-ring (bicyclic) bond motifs is 1. The van der Waals surface area contributed by atoms with Gasteiger partial charge in [0, 0.05) is 18.7 Å². The van der Waals surface area contributed by atoms with E-state index < -0.39 is 0 Å². The van der Waals surface area contributed by atoms with Crippen molar-refractivity contribution in [3.8, 4) is 17.2 Å². The minimum absolute atomic E-state index is 0.135. The van der Waals surface area contributed by atoms with Crippen molar-refractivity contribution in [2.75, 3.05) is 30.7 Å². The van der Waals surface area contributed by atoms with E-state index in [2.05, 4.69) is 5.32 Å². The van der Waals surface area contributed by atoms with Crippen LogP contribution in [0.5, 0.6) is 17.2 Å². The number of carbonyl (C=O) groups excluding carboxylic acids is 2. The maximum atomic E-state index is 12.4. The molecule has 0 aromatic heterocycles. The summed E-state index contributed by atoms with van der Waals surface area (Å²) in [5.74, 6) is 1.14. The quantitative estimate of drug-likeness (QED) is 0.903. The Hall–Kier alpha value is -3.22. The van der Waals surface area contributed by atoms with E-state index in [0.29, 0.717) is 28.6 Å². The summed E-state index contributed by atoms with van der Waals surface area (Å²) in [6.07, 6.45) is 0. The maximum absolute atomic E-state index is 12.4. The van der Waals surface area contributed by atoms with Gasteiger partial charge in [0.2, 0.25) is 18.6 Å². The zero-order chi connectivity index (χ0) is 17.8. The Morgan fingerprint density at radius 1 is 1.16 bits per heavy atom. The fourth-order valence-electron chi connectivity index (χ4n) is 2.54. The lowest BCUT2D eigenvalue weighted by molar-refractivity contribution is -0.120. The van der Waals surface area contributed by atoms with Crippen LogP contribution in [-0.4, -0.2) is 32.3 Å². The first-order chi connectivity index (χ1) is 12.1. The Balaban J connectivity index is 1.74. The zero-order valence-corrected chi connectivity index (χ0v) is 13.9. The molecule has 0 atom stereocenters. The summed E-state index contributed by atoms with van der Waals surface area (Å²) in [6.45, 7) is 1.43. The number of hydrogen-bond acceptors (Lipinski definition) is 5. The fraction of sp³-hybridized carbons (Fsp3) is 0.222. The van der Waals surface area contributed by atoms with Crippen LogP contribution in [0.25, 0.3) is 0 Å². The highest BCUT2D eigenvalue weighted by atomic mass is 16.7. The number of benzene rings is 2.